The van der Waals surface area contributed by atoms with Crippen molar-refractivity contribution in [3.05, 3.63) is 0 Å². The van der Waals surface area contributed by atoms with E-state index in [1.807, 2.05) is 0 Å². The smallest absolute Gasteiger partial charge is 0.462 e. The second-order valence-electron chi connectivity index (χ2n) is 32.4. The Kier molecular flexibility index (Phi) is 74.7. The molecule has 0 heterocycles. The molecule has 0 aromatic carbocycles. The van der Waals surface area contributed by atoms with Crippen LogP contribution in [0, 0.1) is 17.8 Å². The molecule has 0 aliphatic carbocycles. The van der Waals surface area contributed by atoms with Crippen molar-refractivity contribution >= 4 is 39.5 Å². The number of phosphoric ester groups is 2. The van der Waals surface area contributed by atoms with Crippen LogP contribution in [0.15, 0.2) is 0 Å². The van der Waals surface area contributed by atoms with Gasteiger partial charge in [0, 0.05) is 25.7 Å². The Bertz CT molecular complexity index is 2030. The highest BCUT2D eigenvalue weighted by Gasteiger charge is 2.30. The summed E-state index contributed by atoms with van der Waals surface area (Å²) < 4.78 is 68.9. The van der Waals surface area contributed by atoms with E-state index in [0.717, 1.165) is 108 Å². The highest BCUT2D eigenvalue weighted by atomic mass is 31.2. The Morgan fingerprint density at radius 2 is 0.438 bits per heavy atom. The molecule has 0 rings (SSSR count). The van der Waals surface area contributed by atoms with Crippen molar-refractivity contribution in [1.82, 2.24) is 0 Å². The normalized spacial score (nSPS) is 13.9. The third kappa shape index (κ3) is 79.9. The van der Waals surface area contributed by atoms with Gasteiger partial charge in [-0.05, 0) is 43.4 Å². The second kappa shape index (κ2) is 76.1. The standard InChI is InChI=1S/C86H168O17P2/c1-8-9-10-11-12-13-14-32-39-46-53-60-67-83(88)96-73-81(103-86(91)70-63-56-49-42-35-28-27-31-38-45-52-59-66-79(6)7)75-100-104(92,93)98-71-80(87)72-99-105(94,95)101-76-82(102-85(90)69-62-55-48-41-34-26-22-18-16-20-24-30-37-44-51-58-65-78(4)5)74-97-84(89)68-61-54-47-40-33-25-21-17-15-19-23-29-36-43-50-57-64-77(2)3/h77-82,87H,8-76H2,1-7H3,(H,92,93)(H,94,95)/t80-,81+,82+/m0/s1. The van der Waals surface area contributed by atoms with Crippen LogP contribution in [-0.2, 0) is 65.4 Å². The zero-order chi connectivity index (χ0) is 77.2. The summed E-state index contributed by atoms with van der Waals surface area (Å²) in [4.78, 5) is 73.3. The molecule has 624 valence electrons. The van der Waals surface area contributed by atoms with Gasteiger partial charge in [0.25, 0.3) is 0 Å². The van der Waals surface area contributed by atoms with Crippen molar-refractivity contribution in [3.63, 3.8) is 0 Å². The van der Waals surface area contributed by atoms with E-state index in [4.69, 9.17) is 37.0 Å². The first kappa shape index (κ1) is 103. The van der Waals surface area contributed by atoms with Crippen LogP contribution in [0.1, 0.15) is 453 Å². The number of carbonyl (C=O) groups is 4. The molecule has 0 fully saturated rings. The van der Waals surface area contributed by atoms with Gasteiger partial charge in [-0.2, -0.15) is 0 Å². The van der Waals surface area contributed by atoms with Crippen LogP contribution in [0.25, 0.3) is 0 Å². The monoisotopic (exact) mass is 1540 g/mol. The lowest BCUT2D eigenvalue weighted by atomic mass is 10.0. The topological polar surface area (TPSA) is 237 Å². The summed E-state index contributed by atoms with van der Waals surface area (Å²) >= 11 is 0. The number of hydrogen-bond acceptors (Lipinski definition) is 15. The predicted molar refractivity (Wildman–Crippen MR) is 432 cm³/mol. The van der Waals surface area contributed by atoms with E-state index in [9.17, 15) is 43.2 Å². The first-order valence-corrected chi connectivity index (χ1v) is 47.3. The van der Waals surface area contributed by atoms with E-state index in [1.165, 1.54) is 263 Å². The van der Waals surface area contributed by atoms with E-state index in [2.05, 4.69) is 48.5 Å². The number of esters is 4. The Morgan fingerprint density at radius 3 is 0.648 bits per heavy atom. The Balaban J connectivity index is 5.26. The van der Waals surface area contributed by atoms with Crippen molar-refractivity contribution in [2.24, 2.45) is 17.8 Å². The number of rotatable bonds is 84. The predicted octanol–water partition coefficient (Wildman–Crippen LogP) is 26.1. The number of aliphatic hydroxyl groups excluding tert-OH is 1. The highest BCUT2D eigenvalue weighted by Crippen LogP contribution is 2.45. The molecule has 2 unspecified atom stereocenters. The largest absolute Gasteiger partial charge is 0.472 e. The molecule has 0 aliphatic heterocycles. The minimum Gasteiger partial charge on any atom is -0.462 e. The van der Waals surface area contributed by atoms with Gasteiger partial charge in [0.1, 0.15) is 19.3 Å². The first-order chi connectivity index (χ1) is 50.7. The number of phosphoric acid groups is 2. The van der Waals surface area contributed by atoms with E-state index in [-0.39, 0.29) is 25.7 Å². The van der Waals surface area contributed by atoms with Crippen LogP contribution in [-0.4, -0.2) is 96.7 Å². The quantitative estimate of drug-likeness (QED) is 0.0222. The molecule has 0 spiro atoms. The summed E-state index contributed by atoms with van der Waals surface area (Å²) in [6.07, 6.45) is 66.5. The van der Waals surface area contributed by atoms with Gasteiger partial charge in [0.05, 0.1) is 26.4 Å². The van der Waals surface area contributed by atoms with Crippen molar-refractivity contribution in [2.75, 3.05) is 39.6 Å². The molecule has 0 aliphatic rings. The molecular weight excluding hydrogens is 1370 g/mol. The SMILES string of the molecule is CCCCCCCCCCCCCCC(=O)OC[C@H](COP(=O)(O)OC[C@H](O)COP(=O)(O)OC[C@@H](COC(=O)CCCCCCCCCCCCCCCCCCC(C)C)OC(=O)CCCCCCCCCCCCCCCCCCC(C)C)OC(=O)CCCCCCCCCCCCCCC(C)C. The van der Waals surface area contributed by atoms with E-state index in [0.29, 0.717) is 25.7 Å². The maximum atomic E-state index is 13.2. The average molecular weight is 1540 g/mol. The molecule has 105 heavy (non-hydrogen) atoms. The first-order valence-electron chi connectivity index (χ1n) is 44.3. The molecule has 19 heteroatoms. The molecule has 17 nitrogen and oxygen atoms in total. The summed E-state index contributed by atoms with van der Waals surface area (Å²) in [6, 6.07) is 0. The van der Waals surface area contributed by atoms with Crippen molar-refractivity contribution in [3.8, 4) is 0 Å². The maximum Gasteiger partial charge on any atom is 0.472 e. The fraction of sp³-hybridized carbons (Fsp3) is 0.953. The molecular formula is C86H168O17P2. The molecule has 0 radical (unpaired) electrons. The zero-order valence-electron chi connectivity index (χ0n) is 69.2. The zero-order valence-corrected chi connectivity index (χ0v) is 71.0. The fourth-order valence-electron chi connectivity index (χ4n) is 13.4. The summed E-state index contributed by atoms with van der Waals surface area (Å²) in [5.41, 5.74) is 0. The molecule has 0 saturated heterocycles. The summed E-state index contributed by atoms with van der Waals surface area (Å²) in [5, 5.41) is 10.7. The maximum absolute atomic E-state index is 13.2. The van der Waals surface area contributed by atoms with Crippen LogP contribution in [0.3, 0.4) is 0 Å². The second-order valence-corrected chi connectivity index (χ2v) is 35.3. The summed E-state index contributed by atoms with van der Waals surface area (Å²) in [6.45, 7) is 12.1. The lowest BCUT2D eigenvalue weighted by Gasteiger charge is -2.21. The molecule has 5 atom stereocenters. The summed E-state index contributed by atoms with van der Waals surface area (Å²) in [5.74, 6) is 0.296. The Hall–Kier alpha value is -1.94. The molecule has 3 N–H and O–H groups in total. The summed E-state index contributed by atoms with van der Waals surface area (Å²) in [7, 11) is -9.93. The van der Waals surface area contributed by atoms with Gasteiger partial charge in [-0.25, -0.2) is 9.13 Å². The van der Waals surface area contributed by atoms with E-state index >= 15 is 0 Å². The fourth-order valence-corrected chi connectivity index (χ4v) is 14.9. The minimum atomic E-state index is -4.97. The van der Waals surface area contributed by atoms with Crippen LogP contribution in [0.5, 0.6) is 0 Å². The molecule has 0 bridgehead atoms. The Morgan fingerprint density at radius 1 is 0.257 bits per heavy atom. The van der Waals surface area contributed by atoms with Crippen molar-refractivity contribution in [2.45, 2.75) is 471 Å². The lowest BCUT2D eigenvalue weighted by molar-refractivity contribution is -0.161. The number of aliphatic hydroxyl groups is 1. The molecule has 0 aromatic heterocycles. The van der Waals surface area contributed by atoms with Crippen LogP contribution in [0.2, 0.25) is 0 Å². The van der Waals surface area contributed by atoms with E-state index in [1.54, 1.807) is 0 Å². The van der Waals surface area contributed by atoms with Gasteiger partial charge in [-0.1, -0.05) is 402 Å². The number of hydrogen-bond donors (Lipinski definition) is 3. The highest BCUT2D eigenvalue weighted by molar-refractivity contribution is 7.47. The third-order valence-electron chi connectivity index (χ3n) is 20.1. The Labute approximate surface area is 645 Å². The number of ether oxygens (including phenoxy) is 4. The minimum absolute atomic E-state index is 0.107. The molecule has 0 amide bonds. The third-order valence-corrected chi connectivity index (χ3v) is 22.0. The number of unbranched alkanes of at least 4 members (excludes halogenated alkanes) is 52. The van der Waals surface area contributed by atoms with Crippen molar-refractivity contribution in [1.29, 1.82) is 0 Å². The van der Waals surface area contributed by atoms with Gasteiger partial charge < -0.3 is 33.8 Å². The number of carbonyl (C=O) groups excluding carboxylic acids is 4. The van der Waals surface area contributed by atoms with E-state index < -0.39 is 97.5 Å². The van der Waals surface area contributed by atoms with Crippen LogP contribution < -0.4 is 0 Å². The van der Waals surface area contributed by atoms with Gasteiger partial charge >= 0.3 is 39.5 Å². The van der Waals surface area contributed by atoms with Gasteiger partial charge in [0.15, 0.2) is 12.2 Å². The van der Waals surface area contributed by atoms with Gasteiger partial charge in [-0.15, -0.1) is 0 Å². The van der Waals surface area contributed by atoms with Crippen LogP contribution in [0.4, 0.5) is 0 Å². The molecule has 0 saturated carbocycles. The lowest BCUT2D eigenvalue weighted by Crippen LogP contribution is -2.30. The van der Waals surface area contributed by atoms with Gasteiger partial charge in [0.2, 0.25) is 0 Å². The molecule has 0 aromatic rings. The van der Waals surface area contributed by atoms with Crippen molar-refractivity contribution < 1.29 is 80.2 Å². The average Bonchev–Trinajstić information content (AvgIpc) is 0.911. The van der Waals surface area contributed by atoms with Gasteiger partial charge in [-0.3, -0.25) is 37.3 Å². The van der Waals surface area contributed by atoms with Crippen LogP contribution >= 0.6 is 15.6 Å².